The number of hydrogen-bond acceptors (Lipinski definition) is 4. The van der Waals surface area contributed by atoms with Crippen LogP contribution in [-0.2, 0) is 16.5 Å². The maximum absolute atomic E-state index is 11.0. The third-order valence-electron chi connectivity index (χ3n) is 8.63. The van der Waals surface area contributed by atoms with E-state index in [2.05, 4.69) is 48.5 Å². The van der Waals surface area contributed by atoms with Crippen molar-refractivity contribution in [3.05, 3.63) is 22.3 Å². The summed E-state index contributed by atoms with van der Waals surface area (Å²) in [4.78, 5) is 0. The van der Waals surface area contributed by atoms with E-state index >= 15 is 0 Å². The molecule has 0 radical (unpaired) electrons. The van der Waals surface area contributed by atoms with Crippen LogP contribution in [0.5, 0.6) is 11.5 Å². The van der Waals surface area contributed by atoms with Gasteiger partial charge in [-0.3, -0.25) is 4.55 Å². The third-order valence-corrected chi connectivity index (χ3v) is 9.44. The normalized spacial score (nSPS) is 19.2. The predicted octanol–water partition coefficient (Wildman–Crippen LogP) is 8.79. The van der Waals surface area contributed by atoms with E-state index < -0.39 is 10.1 Å². The molecule has 3 atom stereocenters. The van der Waals surface area contributed by atoms with Crippen LogP contribution in [0, 0.1) is 38.5 Å². The number of benzene rings is 1. The standard InChI is InChI=1S/C32H56O5S/c1-23(2)13-9-14-24(3)15-10-16-25(4)17-11-19-32(8)20-18-29-28(7)30(26(5)27(6)31(29)37-32)36-21-12-22-38(33,34)35/h23-25H,9-22H2,1-8H3,(H,33,34,35)/t24-,25-,32-/m1/s1. The van der Waals surface area contributed by atoms with E-state index in [1.165, 1.54) is 56.9 Å². The Morgan fingerprint density at radius 1 is 0.868 bits per heavy atom. The zero-order valence-corrected chi connectivity index (χ0v) is 26.4. The SMILES string of the molecule is Cc1c(C)c2c(c(C)c1OCCCS(=O)(=O)O)CC[C@@](C)(CCC[C@H](C)CCC[C@H](C)CCCC(C)C)O2. The fourth-order valence-corrected chi connectivity index (χ4v) is 6.37. The monoisotopic (exact) mass is 552 g/mol. The maximum atomic E-state index is 11.0. The summed E-state index contributed by atoms with van der Waals surface area (Å²) < 4.78 is 43.7. The lowest BCUT2D eigenvalue weighted by molar-refractivity contribution is 0.0511. The second kappa shape index (κ2) is 14.9. The van der Waals surface area contributed by atoms with Gasteiger partial charge in [0.15, 0.2) is 0 Å². The summed E-state index contributed by atoms with van der Waals surface area (Å²) in [7, 11) is -3.96. The smallest absolute Gasteiger partial charge is 0.264 e. The van der Waals surface area contributed by atoms with Gasteiger partial charge in [-0.25, -0.2) is 0 Å². The van der Waals surface area contributed by atoms with Crippen LogP contribution < -0.4 is 9.47 Å². The Morgan fingerprint density at radius 3 is 2.03 bits per heavy atom. The van der Waals surface area contributed by atoms with Gasteiger partial charge >= 0.3 is 0 Å². The van der Waals surface area contributed by atoms with Gasteiger partial charge in [0.25, 0.3) is 10.1 Å². The zero-order chi connectivity index (χ0) is 28.5. The fourth-order valence-electron chi connectivity index (χ4n) is 5.89. The van der Waals surface area contributed by atoms with E-state index in [-0.39, 0.29) is 24.4 Å². The van der Waals surface area contributed by atoms with Crippen LogP contribution in [0.15, 0.2) is 0 Å². The number of fused-ring (bicyclic) bond motifs is 1. The van der Waals surface area contributed by atoms with Crippen LogP contribution in [0.1, 0.15) is 128 Å². The fraction of sp³-hybridized carbons (Fsp3) is 0.812. The van der Waals surface area contributed by atoms with E-state index in [1.54, 1.807) is 0 Å². The molecule has 0 spiro atoms. The summed E-state index contributed by atoms with van der Waals surface area (Å²) in [5.41, 5.74) is 4.32. The van der Waals surface area contributed by atoms with Crippen molar-refractivity contribution in [1.29, 1.82) is 0 Å². The van der Waals surface area contributed by atoms with E-state index in [1.807, 2.05) is 6.92 Å². The summed E-state index contributed by atoms with van der Waals surface area (Å²) in [5.74, 6) is 4.00. The quantitative estimate of drug-likeness (QED) is 0.154. The van der Waals surface area contributed by atoms with Gasteiger partial charge in [0.2, 0.25) is 0 Å². The van der Waals surface area contributed by atoms with Crippen molar-refractivity contribution in [2.24, 2.45) is 17.8 Å². The average Bonchev–Trinajstić information content (AvgIpc) is 2.81. The van der Waals surface area contributed by atoms with E-state index in [0.29, 0.717) is 0 Å². The van der Waals surface area contributed by atoms with E-state index in [9.17, 15) is 8.42 Å². The van der Waals surface area contributed by atoms with Crippen LogP contribution in [0.2, 0.25) is 0 Å². The second-order valence-corrected chi connectivity index (χ2v) is 14.5. The molecule has 0 bridgehead atoms. The molecule has 0 amide bonds. The van der Waals surface area contributed by atoms with Crippen molar-refractivity contribution >= 4 is 10.1 Å². The molecule has 1 aliphatic heterocycles. The van der Waals surface area contributed by atoms with Crippen LogP contribution >= 0.6 is 0 Å². The van der Waals surface area contributed by atoms with E-state index in [0.717, 1.165) is 65.2 Å². The Morgan fingerprint density at radius 2 is 1.45 bits per heavy atom. The van der Waals surface area contributed by atoms with Crippen LogP contribution in [0.4, 0.5) is 0 Å². The van der Waals surface area contributed by atoms with Crippen molar-refractivity contribution in [2.45, 2.75) is 138 Å². The minimum Gasteiger partial charge on any atom is -0.493 e. The highest BCUT2D eigenvalue weighted by Crippen LogP contribution is 2.45. The summed E-state index contributed by atoms with van der Waals surface area (Å²) in [6.45, 7) is 18.2. The molecule has 0 saturated carbocycles. The van der Waals surface area contributed by atoms with Gasteiger partial charge in [-0.15, -0.1) is 0 Å². The highest BCUT2D eigenvalue weighted by Gasteiger charge is 2.34. The summed E-state index contributed by atoms with van der Waals surface area (Å²) in [5, 5.41) is 0. The molecule has 0 aliphatic carbocycles. The number of hydrogen-bond donors (Lipinski definition) is 1. The van der Waals surface area contributed by atoms with Gasteiger partial charge in [-0.1, -0.05) is 72.6 Å². The molecular formula is C32H56O5S. The highest BCUT2D eigenvalue weighted by molar-refractivity contribution is 7.85. The molecule has 1 aromatic carbocycles. The molecule has 0 fully saturated rings. The van der Waals surface area contributed by atoms with Crippen molar-refractivity contribution in [1.82, 2.24) is 0 Å². The largest absolute Gasteiger partial charge is 0.493 e. The Labute approximate surface area is 234 Å². The molecule has 1 heterocycles. The third kappa shape index (κ3) is 10.7. The maximum Gasteiger partial charge on any atom is 0.264 e. The summed E-state index contributed by atoms with van der Waals surface area (Å²) in [6.07, 6.45) is 13.9. The first-order chi connectivity index (χ1) is 17.7. The number of rotatable bonds is 17. The molecule has 0 aromatic heterocycles. The molecule has 1 N–H and O–H groups in total. The molecule has 0 unspecified atom stereocenters. The zero-order valence-electron chi connectivity index (χ0n) is 25.6. The Kier molecular flexibility index (Phi) is 12.9. The second-order valence-electron chi connectivity index (χ2n) is 12.9. The lowest BCUT2D eigenvalue weighted by Gasteiger charge is -2.38. The van der Waals surface area contributed by atoms with Gasteiger partial charge in [-0.2, -0.15) is 8.42 Å². The lowest BCUT2D eigenvalue weighted by Crippen LogP contribution is -2.37. The van der Waals surface area contributed by atoms with Gasteiger partial charge in [-0.05, 0) is 94.2 Å². The van der Waals surface area contributed by atoms with Gasteiger partial charge in [0.05, 0.1) is 12.4 Å². The minimum absolute atomic E-state index is 0.140. The predicted molar refractivity (Wildman–Crippen MR) is 159 cm³/mol. The Hall–Kier alpha value is -1.27. The Balaban J connectivity index is 1.84. The van der Waals surface area contributed by atoms with Crippen LogP contribution in [0.3, 0.4) is 0 Å². The molecule has 1 aliphatic rings. The molecule has 5 nitrogen and oxygen atoms in total. The molecule has 220 valence electrons. The lowest BCUT2D eigenvalue weighted by atomic mass is 9.83. The van der Waals surface area contributed by atoms with Crippen molar-refractivity contribution in [3.63, 3.8) is 0 Å². The topological polar surface area (TPSA) is 72.8 Å². The first kappa shape index (κ1) is 32.9. The summed E-state index contributed by atoms with van der Waals surface area (Å²) in [6, 6.07) is 0. The van der Waals surface area contributed by atoms with Gasteiger partial charge < -0.3 is 9.47 Å². The average molecular weight is 553 g/mol. The van der Waals surface area contributed by atoms with Gasteiger partial charge in [0.1, 0.15) is 17.1 Å². The molecule has 1 aromatic rings. The molecule has 0 saturated heterocycles. The Bertz CT molecular complexity index is 984. The molecule has 38 heavy (non-hydrogen) atoms. The van der Waals surface area contributed by atoms with Gasteiger partial charge in [0, 0.05) is 5.56 Å². The number of ether oxygens (including phenoxy) is 2. The minimum atomic E-state index is -3.96. The van der Waals surface area contributed by atoms with Crippen molar-refractivity contribution in [2.75, 3.05) is 12.4 Å². The highest BCUT2D eigenvalue weighted by atomic mass is 32.2. The molecule has 6 heteroatoms. The first-order valence-electron chi connectivity index (χ1n) is 15.1. The summed E-state index contributed by atoms with van der Waals surface area (Å²) >= 11 is 0. The van der Waals surface area contributed by atoms with E-state index in [4.69, 9.17) is 14.0 Å². The first-order valence-corrected chi connectivity index (χ1v) is 16.7. The van der Waals surface area contributed by atoms with Crippen molar-refractivity contribution < 1.29 is 22.4 Å². The van der Waals surface area contributed by atoms with Crippen LogP contribution in [-0.4, -0.2) is 30.9 Å². The molecule has 2 rings (SSSR count). The van der Waals surface area contributed by atoms with Crippen molar-refractivity contribution in [3.8, 4) is 11.5 Å². The van der Waals surface area contributed by atoms with Crippen LogP contribution in [0.25, 0.3) is 0 Å². The molecular weight excluding hydrogens is 496 g/mol.